The zero-order chi connectivity index (χ0) is 28.0. The van der Waals surface area contributed by atoms with Crippen molar-refractivity contribution in [1.82, 2.24) is 16.0 Å². The molecule has 0 fully saturated rings. The van der Waals surface area contributed by atoms with Gasteiger partial charge in [0.2, 0.25) is 17.7 Å². The third kappa shape index (κ3) is 13.5. The lowest BCUT2D eigenvalue weighted by molar-refractivity contribution is -0.144. The number of nitrogens with two attached hydrogens (primary N) is 3. The number of aliphatic carboxylic acids is 2. The highest BCUT2D eigenvalue weighted by Gasteiger charge is 2.31. The smallest absolute Gasteiger partial charge is 0.326 e. The van der Waals surface area contributed by atoms with Gasteiger partial charge < -0.3 is 43.4 Å². The molecule has 14 heteroatoms. The number of carbonyl (C=O) groups is 5. The number of carbonyl (C=O) groups excluding carboxylic acids is 3. The summed E-state index contributed by atoms with van der Waals surface area (Å²) in [6, 6.07) is -4.55. The fourth-order valence-corrected chi connectivity index (χ4v) is 3.21. The van der Waals surface area contributed by atoms with Crippen LogP contribution in [0.2, 0.25) is 0 Å². The van der Waals surface area contributed by atoms with Crippen molar-refractivity contribution in [2.24, 2.45) is 34.0 Å². The van der Waals surface area contributed by atoms with Gasteiger partial charge in [-0.3, -0.25) is 24.2 Å². The molecule has 206 valence electrons. The highest BCUT2D eigenvalue weighted by Crippen LogP contribution is 2.09. The van der Waals surface area contributed by atoms with Gasteiger partial charge in [0, 0.05) is 13.0 Å². The first kappa shape index (κ1) is 32.6. The average molecular weight is 516 g/mol. The normalized spacial score (nSPS) is 14.3. The molecule has 0 aromatic heterocycles. The molecule has 0 aliphatic rings. The van der Waals surface area contributed by atoms with Crippen LogP contribution < -0.4 is 33.2 Å². The number of hydrogen-bond acceptors (Lipinski definition) is 7. The summed E-state index contributed by atoms with van der Waals surface area (Å²) in [6.45, 7) is 7.14. The van der Waals surface area contributed by atoms with Gasteiger partial charge in [-0.15, -0.1) is 0 Å². The SMILES string of the molecule is CC(C)CC(NC(=O)C(N)CCCN=C(N)N)C(=O)NC(CCC(=O)O)C(=O)NC(C(=O)O)C(C)C. The molecule has 36 heavy (non-hydrogen) atoms. The van der Waals surface area contributed by atoms with Crippen molar-refractivity contribution in [3.8, 4) is 0 Å². The number of nitrogens with zero attached hydrogens (tertiary/aromatic N) is 1. The molecule has 3 amide bonds. The summed E-state index contributed by atoms with van der Waals surface area (Å²) in [4.78, 5) is 64.7. The van der Waals surface area contributed by atoms with Gasteiger partial charge in [-0.05, 0) is 37.5 Å². The van der Waals surface area contributed by atoms with E-state index in [1.54, 1.807) is 13.8 Å². The van der Waals surface area contributed by atoms with E-state index >= 15 is 0 Å². The predicted octanol–water partition coefficient (Wildman–Crippen LogP) is -1.53. The van der Waals surface area contributed by atoms with Crippen LogP contribution in [0.5, 0.6) is 0 Å². The second-order valence-electron chi connectivity index (χ2n) is 9.31. The highest BCUT2D eigenvalue weighted by atomic mass is 16.4. The van der Waals surface area contributed by atoms with Crippen LogP contribution in [0, 0.1) is 11.8 Å². The lowest BCUT2D eigenvalue weighted by Crippen LogP contribution is -2.57. The molecule has 0 rings (SSSR count). The molecule has 11 N–H and O–H groups in total. The zero-order valence-electron chi connectivity index (χ0n) is 21.3. The van der Waals surface area contributed by atoms with E-state index in [9.17, 15) is 29.1 Å². The Morgan fingerprint density at radius 2 is 1.39 bits per heavy atom. The molecular formula is C22H41N7O7. The van der Waals surface area contributed by atoms with Crippen LogP contribution in [0.1, 0.15) is 59.8 Å². The van der Waals surface area contributed by atoms with Crippen LogP contribution in [-0.2, 0) is 24.0 Å². The van der Waals surface area contributed by atoms with Gasteiger partial charge in [0.05, 0.1) is 6.04 Å². The number of rotatable bonds is 17. The number of aliphatic imine (C=N–C) groups is 1. The Morgan fingerprint density at radius 1 is 0.833 bits per heavy atom. The number of carboxylic acid groups (broad SMARTS) is 2. The van der Waals surface area contributed by atoms with Crippen molar-refractivity contribution in [3.05, 3.63) is 0 Å². The van der Waals surface area contributed by atoms with Gasteiger partial charge in [-0.2, -0.15) is 0 Å². The minimum absolute atomic E-state index is 0.0252. The maximum atomic E-state index is 13.0. The summed E-state index contributed by atoms with van der Waals surface area (Å²) in [6.07, 6.45) is 0.193. The van der Waals surface area contributed by atoms with Crippen LogP contribution in [0.4, 0.5) is 0 Å². The van der Waals surface area contributed by atoms with E-state index in [1.165, 1.54) is 0 Å². The van der Waals surface area contributed by atoms with Crippen molar-refractivity contribution in [2.45, 2.75) is 84.0 Å². The van der Waals surface area contributed by atoms with Crippen LogP contribution in [0.25, 0.3) is 0 Å². The summed E-state index contributed by atoms with van der Waals surface area (Å²) < 4.78 is 0. The molecule has 0 aromatic rings. The molecule has 0 spiro atoms. The second kappa shape index (κ2) is 16.3. The van der Waals surface area contributed by atoms with E-state index in [1.807, 2.05) is 13.8 Å². The lowest BCUT2D eigenvalue weighted by atomic mass is 10.0. The summed E-state index contributed by atoms with van der Waals surface area (Å²) >= 11 is 0. The number of carboxylic acids is 2. The third-order valence-electron chi connectivity index (χ3n) is 5.15. The number of hydrogen-bond donors (Lipinski definition) is 8. The third-order valence-corrected chi connectivity index (χ3v) is 5.15. The monoisotopic (exact) mass is 515 g/mol. The van der Waals surface area contributed by atoms with Crippen LogP contribution >= 0.6 is 0 Å². The minimum atomic E-state index is -1.32. The largest absolute Gasteiger partial charge is 0.481 e. The van der Waals surface area contributed by atoms with E-state index in [0.29, 0.717) is 6.42 Å². The standard InChI is InChI=1S/C22H41N7O7/c1-11(2)10-15(28-18(32)13(23)6-5-9-26-22(24)25)20(34)27-14(7-8-16(30)31)19(33)29-17(12(3)4)21(35)36/h11-15,17H,5-10,23H2,1-4H3,(H,27,34)(H,28,32)(H,29,33)(H,30,31)(H,35,36)(H4,24,25,26). The zero-order valence-corrected chi connectivity index (χ0v) is 21.3. The Balaban J connectivity index is 5.46. The Kier molecular flexibility index (Phi) is 14.7. The molecule has 14 nitrogen and oxygen atoms in total. The first-order chi connectivity index (χ1) is 16.6. The molecule has 0 aliphatic carbocycles. The van der Waals surface area contributed by atoms with Crippen molar-refractivity contribution in [1.29, 1.82) is 0 Å². The molecule has 0 aromatic carbocycles. The second-order valence-corrected chi connectivity index (χ2v) is 9.31. The van der Waals surface area contributed by atoms with Gasteiger partial charge in [0.1, 0.15) is 18.1 Å². The molecular weight excluding hydrogens is 474 g/mol. The Labute approximate surface area is 210 Å². The Bertz CT molecular complexity index is 798. The van der Waals surface area contributed by atoms with E-state index in [0.717, 1.165) is 0 Å². The molecule has 0 bridgehead atoms. The maximum Gasteiger partial charge on any atom is 0.326 e. The molecule has 0 heterocycles. The molecule has 0 radical (unpaired) electrons. The van der Waals surface area contributed by atoms with Crippen molar-refractivity contribution in [2.75, 3.05) is 6.54 Å². The van der Waals surface area contributed by atoms with Crippen molar-refractivity contribution >= 4 is 35.6 Å². The van der Waals surface area contributed by atoms with Crippen LogP contribution in [-0.4, -0.2) is 76.5 Å². The van der Waals surface area contributed by atoms with E-state index < -0.39 is 66.2 Å². The summed E-state index contributed by atoms with van der Waals surface area (Å²) in [5.74, 6) is -5.15. The van der Waals surface area contributed by atoms with E-state index in [2.05, 4.69) is 20.9 Å². The van der Waals surface area contributed by atoms with Gasteiger partial charge in [0.25, 0.3) is 0 Å². The Morgan fingerprint density at radius 3 is 1.86 bits per heavy atom. The van der Waals surface area contributed by atoms with Gasteiger partial charge in [-0.1, -0.05) is 27.7 Å². The topological polar surface area (TPSA) is 252 Å². The Hall–Kier alpha value is -3.42. The molecule has 0 aliphatic heterocycles. The quantitative estimate of drug-likeness (QED) is 0.0630. The highest BCUT2D eigenvalue weighted by molar-refractivity contribution is 5.94. The summed E-state index contributed by atoms with van der Waals surface area (Å²) in [5.41, 5.74) is 16.4. The molecule has 4 atom stereocenters. The number of amides is 3. The first-order valence-corrected chi connectivity index (χ1v) is 11.8. The summed E-state index contributed by atoms with van der Waals surface area (Å²) in [7, 11) is 0. The lowest BCUT2D eigenvalue weighted by Gasteiger charge is -2.26. The molecule has 4 unspecified atom stereocenters. The minimum Gasteiger partial charge on any atom is -0.481 e. The van der Waals surface area contributed by atoms with Crippen molar-refractivity contribution < 1.29 is 34.2 Å². The first-order valence-electron chi connectivity index (χ1n) is 11.8. The maximum absolute atomic E-state index is 13.0. The fourth-order valence-electron chi connectivity index (χ4n) is 3.21. The van der Waals surface area contributed by atoms with Crippen LogP contribution in [0.3, 0.4) is 0 Å². The average Bonchev–Trinajstić information content (AvgIpc) is 2.75. The molecule has 0 saturated heterocycles. The van der Waals surface area contributed by atoms with E-state index in [4.69, 9.17) is 22.3 Å². The van der Waals surface area contributed by atoms with Gasteiger partial charge in [-0.25, -0.2) is 4.79 Å². The van der Waals surface area contributed by atoms with E-state index in [-0.39, 0.29) is 37.7 Å². The summed E-state index contributed by atoms with van der Waals surface area (Å²) in [5, 5.41) is 25.8. The predicted molar refractivity (Wildman–Crippen MR) is 132 cm³/mol. The van der Waals surface area contributed by atoms with Crippen molar-refractivity contribution in [3.63, 3.8) is 0 Å². The van der Waals surface area contributed by atoms with Crippen LogP contribution in [0.15, 0.2) is 4.99 Å². The van der Waals surface area contributed by atoms with Gasteiger partial charge in [0.15, 0.2) is 5.96 Å². The number of nitrogens with one attached hydrogen (secondary N) is 3. The molecule has 0 saturated carbocycles. The number of guanidine groups is 1. The van der Waals surface area contributed by atoms with Gasteiger partial charge >= 0.3 is 11.9 Å². The fraction of sp³-hybridized carbons (Fsp3) is 0.727.